The number of methoxy groups -OCH3 is 2. The van der Waals surface area contributed by atoms with Gasteiger partial charge in [-0.25, -0.2) is 0 Å². The van der Waals surface area contributed by atoms with E-state index in [0.717, 1.165) is 30.9 Å². The standard InChI is InChI=1S/C20H21NO2/c1-21-9-8-14-11-18(22-2)19(23-3)12-16(14)17-10-13-6-4-5-7-15(13)20(17)21/h4-7,11-12H,8-10H2,1-3H3. The molecular formula is C20H21NO2. The van der Waals surface area contributed by atoms with E-state index in [1.165, 1.54) is 33.5 Å². The fourth-order valence-electron chi connectivity index (χ4n) is 3.81. The van der Waals surface area contributed by atoms with E-state index in [1.807, 2.05) is 0 Å². The molecule has 3 heteroatoms. The molecule has 0 saturated carbocycles. The van der Waals surface area contributed by atoms with Crippen LogP contribution in [0.5, 0.6) is 11.5 Å². The molecule has 2 aliphatic rings. The van der Waals surface area contributed by atoms with Gasteiger partial charge in [0.2, 0.25) is 0 Å². The van der Waals surface area contributed by atoms with Gasteiger partial charge in [0, 0.05) is 31.3 Å². The molecule has 0 amide bonds. The Labute approximate surface area is 137 Å². The average molecular weight is 307 g/mol. The van der Waals surface area contributed by atoms with Crippen LogP contribution in [0.3, 0.4) is 0 Å². The number of allylic oxidation sites excluding steroid dienone is 1. The highest BCUT2D eigenvalue weighted by Gasteiger charge is 2.29. The fraction of sp³-hybridized carbons (Fsp3) is 0.300. The monoisotopic (exact) mass is 307 g/mol. The van der Waals surface area contributed by atoms with E-state index < -0.39 is 0 Å². The molecule has 1 heterocycles. The number of ether oxygens (including phenoxy) is 2. The summed E-state index contributed by atoms with van der Waals surface area (Å²) in [5.74, 6) is 1.62. The minimum Gasteiger partial charge on any atom is -0.493 e. The zero-order chi connectivity index (χ0) is 16.0. The first-order valence-corrected chi connectivity index (χ1v) is 8.00. The van der Waals surface area contributed by atoms with E-state index in [4.69, 9.17) is 9.47 Å². The molecule has 1 aliphatic heterocycles. The van der Waals surface area contributed by atoms with Crippen LogP contribution in [0.1, 0.15) is 22.3 Å². The molecule has 0 spiro atoms. The van der Waals surface area contributed by atoms with E-state index >= 15 is 0 Å². The number of fused-ring (bicyclic) bond motifs is 4. The summed E-state index contributed by atoms with van der Waals surface area (Å²) in [6.45, 7) is 1.01. The fourth-order valence-corrected chi connectivity index (χ4v) is 3.81. The Morgan fingerprint density at radius 2 is 1.65 bits per heavy atom. The summed E-state index contributed by atoms with van der Waals surface area (Å²) >= 11 is 0. The second-order valence-electron chi connectivity index (χ2n) is 6.20. The number of nitrogens with zero attached hydrogens (tertiary/aromatic N) is 1. The maximum atomic E-state index is 5.53. The van der Waals surface area contributed by atoms with Crippen molar-refractivity contribution in [1.29, 1.82) is 0 Å². The Morgan fingerprint density at radius 1 is 0.913 bits per heavy atom. The molecule has 0 bridgehead atoms. The Kier molecular flexibility index (Phi) is 3.29. The van der Waals surface area contributed by atoms with E-state index in [1.54, 1.807) is 14.2 Å². The number of hydrogen-bond acceptors (Lipinski definition) is 3. The van der Waals surface area contributed by atoms with Gasteiger partial charge in [0.25, 0.3) is 0 Å². The van der Waals surface area contributed by atoms with Crippen molar-refractivity contribution in [2.24, 2.45) is 0 Å². The zero-order valence-corrected chi connectivity index (χ0v) is 13.8. The van der Waals surface area contributed by atoms with Crippen LogP contribution in [0.2, 0.25) is 0 Å². The summed E-state index contributed by atoms with van der Waals surface area (Å²) in [5.41, 5.74) is 8.19. The van der Waals surface area contributed by atoms with Gasteiger partial charge in [0.05, 0.1) is 14.2 Å². The van der Waals surface area contributed by atoms with E-state index in [-0.39, 0.29) is 0 Å². The van der Waals surface area contributed by atoms with Crippen LogP contribution in [0.4, 0.5) is 0 Å². The molecule has 0 aromatic heterocycles. The van der Waals surface area contributed by atoms with Gasteiger partial charge in [-0.1, -0.05) is 24.3 Å². The van der Waals surface area contributed by atoms with Crippen LogP contribution in [-0.2, 0) is 12.8 Å². The Balaban J connectivity index is 1.94. The van der Waals surface area contributed by atoms with E-state index in [2.05, 4.69) is 48.3 Å². The molecule has 118 valence electrons. The van der Waals surface area contributed by atoms with Crippen molar-refractivity contribution in [3.8, 4) is 11.5 Å². The van der Waals surface area contributed by atoms with Gasteiger partial charge in [0.15, 0.2) is 11.5 Å². The lowest BCUT2D eigenvalue weighted by molar-refractivity contribution is 0.354. The van der Waals surface area contributed by atoms with Gasteiger partial charge in [-0.05, 0) is 40.8 Å². The summed E-state index contributed by atoms with van der Waals surface area (Å²) < 4.78 is 11.0. The normalized spacial score (nSPS) is 15.7. The van der Waals surface area contributed by atoms with Crippen LogP contribution in [0, 0.1) is 0 Å². The SMILES string of the molecule is COc1cc2c(cc1OC)C1=C(c3ccccc3C1)N(C)CC2. The first-order chi connectivity index (χ1) is 11.2. The highest BCUT2D eigenvalue weighted by atomic mass is 16.5. The third kappa shape index (κ3) is 2.11. The maximum Gasteiger partial charge on any atom is 0.161 e. The number of likely N-dealkylation sites (N-methyl/N-ethyl adjacent to an activating group) is 1. The molecule has 3 nitrogen and oxygen atoms in total. The number of benzene rings is 2. The summed E-state index contributed by atoms with van der Waals surface area (Å²) in [5, 5.41) is 0. The van der Waals surface area contributed by atoms with E-state index in [0.29, 0.717) is 0 Å². The van der Waals surface area contributed by atoms with E-state index in [9.17, 15) is 0 Å². The third-order valence-electron chi connectivity index (χ3n) is 4.96. The van der Waals surface area contributed by atoms with Crippen LogP contribution >= 0.6 is 0 Å². The first-order valence-electron chi connectivity index (χ1n) is 8.00. The maximum absolute atomic E-state index is 5.53. The molecule has 1 aliphatic carbocycles. The summed E-state index contributed by atoms with van der Waals surface area (Å²) in [6, 6.07) is 13.0. The molecule has 4 rings (SSSR count). The lowest BCUT2D eigenvalue weighted by Crippen LogP contribution is -2.18. The van der Waals surface area contributed by atoms with Gasteiger partial charge in [0.1, 0.15) is 0 Å². The van der Waals surface area contributed by atoms with Gasteiger partial charge in [-0.2, -0.15) is 0 Å². The predicted octanol–water partition coefficient (Wildman–Crippen LogP) is 3.62. The van der Waals surface area contributed by atoms with Gasteiger partial charge >= 0.3 is 0 Å². The van der Waals surface area contributed by atoms with Crippen molar-refractivity contribution in [3.05, 3.63) is 58.7 Å². The lowest BCUT2D eigenvalue weighted by atomic mass is 9.96. The van der Waals surface area contributed by atoms with Crippen LogP contribution in [0.15, 0.2) is 36.4 Å². The quantitative estimate of drug-likeness (QED) is 0.846. The Bertz CT molecular complexity index is 807. The topological polar surface area (TPSA) is 21.7 Å². The smallest absolute Gasteiger partial charge is 0.161 e. The molecule has 0 atom stereocenters. The molecule has 0 radical (unpaired) electrons. The van der Waals surface area contributed by atoms with Crippen molar-refractivity contribution < 1.29 is 9.47 Å². The van der Waals surface area contributed by atoms with Crippen LogP contribution < -0.4 is 9.47 Å². The minimum atomic E-state index is 0.804. The molecular weight excluding hydrogens is 286 g/mol. The molecule has 0 saturated heterocycles. The summed E-state index contributed by atoms with van der Waals surface area (Å²) in [4.78, 5) is 2.39. The summed E-state index contributed by atoms with van der Waals surface area (Å²) in [7, 11) is 5.59. The van der Waals surface area contributed by atoms with Crippen LogP contribution in [0.25, 0.3) is 11.3 Å². The van der Waals surface area contributed by atoms with Crippen molar-refractivity contribution in [1.82, 2.24) is 4.90 Å². The largest absolute Gasteiger partial charge is 0.493 e. The predicted molar refractivity (Wildman–Crippen MR) is 92.8 cm³/mol. The highest BCUT2D eigenvalue weighted by Crippen LogP contribution is 2.45. The first kappa shape index (κ1) is 14.2. The Hall–Kier alpha value is -2.42. The molecule has 2 aromatic carbocycles. The zero-order valence-electron chi connectivity index (χ0n) is 13.8. The second kappa shape index (κ2) is 5.34. The number of rotatable bonds is 2. The van der Waals surface area contributed by atoms with Crippen molar-refractivity contribution in [2.75, 3.05) is 27.8 Å². The Morgan fingerprint density at radius 3 is 2.43 bits per heavy atom. The number of hydrogen-bond donors (Lipinski definition) is 0. The molecule has 0 N–H and O–H groups in total. The summed E-state index contributed by atoms with van der Waals surface area (Å²) in [6.07, 6.45) is 2.00. The average Bonchev–Trinajstić information content (AvgIpc) is 2.92. The highest BCUT2D eigenvalue weighted by molar-refractivity contribution is 5.97. The lowest BCUT2D eigenvalue weighted by Gasteiger charge is -2.20. The third-order valence-corrected chi connectivity index (χ3v) is 4.96. The molecule has 2 aromatic rings. The van der Waals surface area contributed by atoms with Crippen molar-refractivity contribution in [3.63, 3.8) is 0 Å². The van der Waals surface area contributed by atoms with Gasteiger partial charge in [-0.3, -0.25) is 0 Å². The molecule has 0 fully saturated rings. The molecule has 0 unspecified atom stereocenters. The van der Waals surface area contributed by atoms with Crippen LogP contribution in [-0.4, -0.2) is 32.7 Å². The second-order valence-corrected chi connectivity index (χ2v) is 6.20. The van der Waals surface area contributed by atoms with Gasteiger partial charge < -0.3 is 14.4 Å². The minimum absolute atomic E-state index is 0.804. The van der Waals surface area contributed by atoms with Gasteiger partial charge in [-0.15, -0.1) is 0 Å². The van der Waals surface area contributed by atoms with Crippen molar-refractivity contribution in [2.45, 2.75) is 12.8 Å². The molecule has 23 heavy (non-hydrogen) atoms. The van der Waals surface area contributed by atoms with Crippen molar-refractivity contribution >= 4 is 11.3 Å².